The molecule has 0 saturated carbocycles. The number of amides is 1. The van der Waals surface area contributed by atoms with Crippen LogP contribution in [-0.2, 0) is 4.79 Å². The molecule has 104 valence electrons. The van der Waals surface area contributed by atoms with Crippen LogP contribution in [0.4, 0.5) is 18.9 Å². The van der Waals surface area contributed by atoms with E-state index in [-0.39, 0.29) is 12.6 Å². The summed E-state index contributed by atoms with van der Waals surface area (Å²) in [5, 5.41) is 3.03. The molecule has 1 aliphatic rings. The Morgan fingerprint density at radius 1 is 1.26 bits per heavy atom. The molecule has 1 aromatic carbocycles. The first kappa shape index (κ1) is 13.9. The molecule has 1 aliphatic heterocycles. The maximum absolute atomic E-state index is 13.6. The Kier molecular flexibility index (Phi) is 3.80. The number of nitrogens with zero attached hydrogens (tertiary/aromatic N) is 1. The molecule has 0 spiro atoms. The van der Waals surface area contributed by atoms with Crippen molar-refractivity contribution in [3.63, 3.8) is 0 Å². The van der Waals surface area contributed by atoms with Gasteiger partial charge in [0.25, 0.3) is 0 Å². The number of halogens is 3. The first-order valence-electron chi connectivity index (χ1n) is 6.12. The molecule has 1 unspecified atom stereocenters. The van der Waals surface area contributed by atoms with Gasteiger partial charge in [-0.2, -0.15) is 0 Å². The Bertz CT molecular complexity index is 482. The van der Waals surface area contributed by atoms with E-state index >= 15 is 0 Å². The van der Waals surface area contributed by atoms with Gasteiger partial charge in [-0.1, -0.05) is 13.8 Å². The molecular formula is C13H15F3N2O. The van der Waals surface area contributed by atoms with Gasteiger partial charge in [-0.15, -0.1) is 0 Å². The van der Waals surface area contributed by atoms with Gasteiger partial charge in [-0.25, -0.2) is 13.2 Å². The zero-order valence-corrected chi connectivity index (χ0v) is 10.7. The van der Waals surface area contributed by atoms with Crippen LogP contribution in [0.2, 0.25) is 0 Å². The Labute approximate surface area is 109 Å². The highest BCUT2D eigenvalue weighted by Gasteiger charge is 2.35. The summed E-state index contributed by atoms with van der Waals surface area (Å²) < 4.78 is 40.1. The molecule has 1 atom stereocenters. The normalized spacial score (nSPS) is 19.6. The summed E-state index contributed by atoms with van der Waals surface area (Å²) in [5.74, 6) is -3.51. The van der Waals surface area contributed by atoms with Crippen molar-refractivity contribution in [3.05, 3.63) is 29.6 Å². The number of hydrogen-bond donors (Lipinski definition) is 1. The molecule has 1 fully saturated rings. The summed E-state index contributed by atoms with van der Waals surface area (Å²) in [6.45, 7) is 3.98. The summed E-state index contributed by atoms with van der Waals surface area (Å²) >= 11 is 0. The van der Waals surface area contributed by atoms with Crippen molar-refractivity contribution in [3.8, 4) is 0 Å². The van der Waals surface area contributed by atoms with E-state index in [1.54, 1.807) is 0 Å². The molecule has 1 N–H and O–H groups in total. The summed E-state index contributed by atoms with van der Waals surface area (Å²) in [6.07, 6.45) is 0.466. The van der Waals surface area contributed by atoms with Crippen LogP contribution in [0.15, 0.2) is 12.1 Å². The summed E-state index contributed by atoms with van der Waals surface area (Å²) in [6, 6.07) is 0.796. The maximum atomic E-state index is 13.6. The van der Waals surface area contributed by atoms with E-state index in [0.717, 1.165) is 4.90 Å². The van der Waals surface area contributed by atoms with Crippen molar-refractivity contribution < 1.29 is 18.0 Å². The van der Waals surface area contributed by atoms with Crippen LogP contribution in [0, 0.1) is 17.5 Å². The number of carbonyl (C=O) groups is 1. The fraction of sp³-hybridized carbons (Fsp3) is 0.462. The lowest BCUT2D eigenvalue weighted by molar-refractivity contribution is -0.119. The molecule has 2 rings (SSSR count). The molecule has 1 amide bonds. The van der Waals surface area contributed by atoms with Crippen LogP contribution < -0.4 is 10.2 Å². The minimum atomic E-state index is -1.06. The van der Waals surface area contributed by atoms with E-state index < -0.39 is 35.1 Å². The second kappa shape index (κ2) is 5.21. The molecule has 19 heavy (non-hydrogen) atoms. The lowest BCUT2D eigenvalue weighted by Gasteiger charge is -2.19. The van der Waals surface area contributed by atoms with Gasteiger partial charge in [0, 0.05) is 24.7 Å². The van der Waals surface area contributed by atoms with Crippen LogP contribution >= 0.6 is 0 Å². The Morgan fingerprint density at radius 2 is 1.84 bits per heavy atom. The average molecular weight is 272 g/mol. The zero-order chi connectivity index (χ0) is 14.2. The quantitative estimate of drug-likeness (QED) is 0.915. The Morgan fingerprint density at radius 3 is 2.37 bits per heavy atom. The second-order valence-corrected chi connectivity index (χ2v) is 4.87. The van der Waals surface area contributed by atoms with E-state index in [1.165, 1.54) is 0 Å². The SMILES string of the molecule is CC(C)NC1CCN(c2c(F)cc(F)cc2F)C1=O. The fourth-order valence-corrected chi connectivity index (χ4v) is 2.25. The highest BCUT2D eigenvalue weighted by molar-refractivity contribution is 5.99. The smallest absolute Gasteiger partial charge is 0.244 e. The van der Waals surface area contributed by atoms with Crippen molar-refractivity contribution in [1.82, 2.24) is 5.32 Å². The van der Waals surface area contributed by atoms with E-state index in [2.05, 4.69) is 5.32 Å². The Balaban J connectivity index is 2.27. The lowest BCUT2D eigenvalue weighted by atomic mass is 10.2. The Hall–Kier alpha value is -1.56. The van der Waals surface area contributed by atoms with Gasteiger partial charge < -0.3 is 10.2 Å². The maximum Gasteiger partial charge on any atom is 0.244 e. The van der Waals surface area contributed by atoms with Crippen LogP contribution in [-0.4, -0.2) is 24.5 Å². The highest BCUT2D eigenvalue weighted by Crippen LogP contribution is 2.28. The van der Waals surface area contributed by atoms with Gasteiger partial charge in [-0.05, 0) is 6.42 Å². The minimum Gasteiger partial charge on any atom is -0.306 e. The predicted octanol–water partition coefficient (Wildman–Crippen LogP) is 2.21. The van der Waals surface area contributed by atoms with Crippen LogP contribution in [0.5, 0.6) is 0 Å². The van der Waals surface area contributed by atoms with Crippen LogP contribution in [0.1, 0.15) is 20.3 Å². The predicted molar refractivity (Wildman–Crippen MR) is 65.3 cm³/mol. The number of nitrogens with one attached hydrogen (secondary N) is 1. The number of hydrogen-bond acceptors (Lipinski definition) is 2. The number of rotatable bonds is 3. The first-order valence-corrected chi connectivity index (χ1v) is 6.12. The van der Waals surface area contributed by atoms with Gasteiger partial charge in [0.05, 0.1) is 6.04 Å². The molecule has 3 nitrogen and oxygen atoms in total. The summed E-state index contributed by atoms with van der Waals surface area (Å²) in [4.78, 5) is 13.1. The van der Waals surface area contributed by atoms with Crippen molar-refractivity contribution in [2.24, 2.45) is 0 Å². The van der Waals surface area contributed by atoms with E-state index in [0.29, 0.717) is 18.6 Å². The molecule has 0 bridgehead atoms. The van der Waals surface area contributed by atoms with Gasteiger partial charge in [0.2, 0.25) is 5.91 Å². The van der Waals surface area contributed by atoms with Gasteiger partial charge in [0.1, 0.15) is 11.5 Å². The first-order chi connectivity index (χ1) is 8.90. The van der Waals surface area contributed by atoms with Gasteiger partial charge in [-0.3, -0.25) is 4.79 Å². The fourth-order valence-electron chi connectivity index (χ4n) is 2.25. The number of carbonyl (C=O) groups excluding carboxylic acids is 1. The molecular weight excluding hydrogens is 257 g/mol. The molecule has 1 aromatic rings. The van der Waals surface area contributed by atoms with E-state index in [9.17, 15) is 18.0 Å². The topological polar surface area (TPSA) is 32.3 Å². The van der Waals surface area contributed by atoms with Gasteiger partial charge >= 0.3 is 0 Å². The lowest BCUT2D eigenvalue weighted by Crippen LogP contribution is -2.42. The molecule has 1 heterocycles. The average Bonchev–Trinajstić information content (AvgIpc) is 2.60. The highest BCUT2D eigenvalue weighted by atomic mass is 19.1. The van der Waals surface area contributed by atoms with Crippen LogP contribution in [0.3, 0.4) is 0 Å². The van der Waals surface area contributed by atoms with Gasteiger partial charge in [0.15, 0.2) is 11.6 Å². The van der Waals surface area contributed by atoms with Crippen molar-refractivity contribution in [1.29, 1.82) is 0 Å². The standard InChI is InChI=1S/C13H15F3N2O/c1-7(2)17-11-3-4-18(13(11)19)12-9(15)5-8(14)6-10(12)16/h5-7,11,17H,3-4H2,1-2H3. The third-order valence-electron chi connectivity index (χ3n) is 2.99. The number of benzene rings is 1. The van der Waals surface area contributed by atoms with E-state index in [1.807, 2.05) is 13.8 Å². The monoisotopic (exact) mass is 272 g/mol. The summed E-state index contributed by atoms with van der Waals surface area (Å²) in [5.41, 5.74) is -0.473. The molecule has 0 aromatic heterocycles. The van der Waals surface area contributed by atoms with E-state index in [4.69, 9.17) is 0 Å². The summed E-state index contributed by atoms with van der Waals surface area (Å²) in [7, 11) is 0. The second-order valence-electron chi connectivity index (χ2n) is 4.87. The van der Waals surface area contributed by atoms with Crippen LogP contribution in [0.25, 0.3) is 0 Å². The number of anilines is 1. The van der Waals surface area contributed by atoms with Crippen molar-refractivity contribution in [2.75, 3.05) is 11.4 Å². The molecule has 1 saturated heterocycles. The van der Waals surface area contributed by atoms with Crippen molar-refractivity contribution in [2.45, 2.75) is 32.4 Å². The third kappa shape index (κ3) is 2.73. The third-order valence-corrected chi connectivity index (χ3v) is 2.99. The van der Waals surface area contributed by atoms with Crippen molar-refractivity contribution >= 4 is 11.6 Å². The zero-order valence-electron chi connectivity index (χ0n) is 10.7. The molecule has 0 radical (unpaired) electrons. The largest absolute Gasteiger partial charge is 0.306 e. The minimum absolute atomic E-state index is 0.0943. The molecule has 0 aliphatic carbocycles. The molecule has 6 heteroatoms.